The average molecular weight is 853 g/mol. The van der Waals surface area contributed by atoms with Crippen LogP contribution in [0.25, 0.3) is 0 Å². The molecule has 2 unspecified atom stereocenters. The first-order valence-corrected chi connectivity index (χ1v) is 23.6. The van der Waals surface area contributed by atoms with Crippen molar-refractivity contribution in [2.45, 2.75) is 185 Å². The number of aliphatic hydroxyl groups excluding tert-OH is 3. The third-order valence-corrected chi connectivity index (χ3v) is 10.2. The Morgan fingerprint density at radius 2 is 1.05 bits per heavy atom. The van der Waals surface area contributed by atoms with Crippen LogP contribution in [0.1, 0.15) is 149 Å². The summed E-state index contributed by atoms with van der Waals surface area (Å²) in [5.41, 5.74) is 0. The number of hydrogen-bond donors (Lipinski definition) is 4. The molecule has 0 aromatic carbocycles. The number of hydrogen-bond acceptors (Lipinski definition) is 11. The van der Waals surface area contributed by atoms with Gasteiger partial charge in [0.15, 0.2) is 12.4 Å². The first-order chi connectivity index (χ1) is 28.5. The van der Waals surface area contributed by atoms with Gasteiger partial charge in [0.2, 0.25) is 0 Å². The third kappa shape index (κ3) is 30.7. The lowest BCUT2D eigenvalue weighted by atomic mass is 10.00. The molecular formula is C46H76O12S. The first-order valence-electron chi connectivity index (χ1n) is 22.0. The van der Waals surface area contributed by atoms with Crippen molar-refractivity contribution in [3.63, 3.8) is 0 Å². The maximum atomic E-state index is 12.8. The molecule has 0 aromatic heterocycles. The van der Waals surface area contributed by atoms with Crippen molar-refractivity contribution in [3.8, 4) is 0 Å². The van der Waals surface area contributed by atoms with Crippen LogP contribution in [0.5, 0.6) is 0 Å². The van der Waals surface area contributed by atoms with Gasteiger partial charge in [-0.1, -0.05) is 132 Å². The van der Waals surface area contributed by atoms with E-state index in [1.165, 1.54) is 19.3 Å². The van der Waals surface area contributed by atoms with E-state index in [0.717, 1.165) is 89.9 Å². The van der Waals surface area contributed by atoms with Gasteiger partial charge in [-0.2, -0.15) is 8.42 Å². The van der Waals surface area contributed by atoms with Gasteiger partial charge in [0.05, 0.1) is 6.61 Å². The molecule has 4 N–H and O–H groups in total. The van der Waals surface area contributed by atoms with E-state index in [0.29, 0.717) is 12.8 Å². The Bertz CT molecular complexity index is 1370. The maximum absolute atomic E-state index is 12.8. The number of carbonyl (C=O) groups excluding carboxylic acids is 2. The molecule has 6 atom stereocenters. The number of carbonyl (C=O) groups is 2. The normalized spacial score (nSPS) is 20.9. The number of ether oxygens (including phenoxy) is 4. The van der Waals surface area contributed by atoms with Crippen molar-refractivity contribution in [3.05, 3.63) is 72.9 Å². The second-order valence-electron chi connectivity index (χ2n) is 15.0. The van der Waals surface area contributed by atoms with E-state index in [4.69, 9.17) is 18.9 Å². The molecule has 12 nitrogen and oxygen atoms in total. The van der Waals surface area contributed by atoms with Gasteiger partial charge in [-0.3, -0.25) is 14.1 Å². The van der Waals surface area contributed by atoms with Crippen LogP contribution in [-0.2, 0) is 38.7 Å². The van der Waals surface area contributed by atoms with Crippen LogP contribution in [0.15, 0.2) is 72.9 Å². The Morgan fingerprint density at radius 3 is 1.59 bits per heavy atom. The Hall–Kier alpha value is -2.91. The molecule has 1 aliphatic rings. The summed E-state index contributed by atoms with van der Waals surface area (Å²) in [5.74, 6) is -2.05. The van der Waals surface area contributed by atoms with Crippen molar-refractivity contribution in [2.75, 3.05) is 19.0 Å². The molecule has 0 bridgehead atoms. The van der Waals surface area contributed by atoms with Crippen LogP contribution in [0, 0.1) is 0 Å². The molecule has 13 heteroatoms. The molecule has 1 rings (SSSR count). The summed E-state index contributed by atoms with van der Waals surface area (Å²) in [5, 5.41) is 30.8. The minimum atomic E-state index is -4.61. The number of allylic oxidation sites excluding steroid dienone is 12. The van der Waals surface area contributed by atoms with Crippen LogP contribution < -0.4 is 0 Å². The predicted molar refractivity (Wildman–Crippen MR) is 233 cm³/mol. The van der Waals surface area contributed by atoms with Crippen molar-refractivity contribution >= 4 is 22.1 Å². The molecule has 1 heterocycles. The summed E-state index contributed by atoms with van der Waals surface area (Å²) >= 11 is 0. The van der Waals surface area contributed by atoms with Gasteiger partial charge in [0, 0.05) is 12.8 Å². The lowest BCUT2D eigenvalue weighted by Gasteiger charge is -2.40. The largest absolute Gasteiger partial charge is 0.462 e. The van der Waals surface area contributed by atoms with E-state index in [1.807, 2.05) is 0 Å². The average Bonchev–Trinajstić information content (AvgIpc) is 3.20. The van der Waals surface area contributed by atoms with Crippen LogP contribution >= 0.6 is 0 Å². The maximum Gasteiger partial charge on any atom is 0.306 e. The molecule has 0 saturated carbocycles. The molecule has 0 aliphatic carbocycles. The number of aliphatic hydroxyl groups is 3. The number of esters is 2. The van der Waals surface area contributed by atoms with Crippen molar-refractivity contribution < 1.29 is 56.8 Å². The SMILES string of the molecule is CCC/C=C/C/C=C/C/C=C/C/C=C/CCCCCC(=O)OC[C@H](CO[C@H]1O[C@H](CS(=O)(=O)O)[C@@H](O)C(O)C1O)OC(=O)CCCCCCC/C=C/C/C=C/CCCC. The third-order valence-electron chi connectivity index (χ3n) is 9.49. The summed E-state index contributed by atoms with van der Waals surface area (Å²) < 4.78 is 54.0. The highest BCUT2D eigenvalue weighted by molar-refractivity contribution is 7.85. The first kappa shape index (κ1) is 54.1. The van der Waals surface area contributed by atoms with Gasteiger partial charge in [-0.15, -0.1) is 0 Å². The molecule has 1 saturated heterocycles. The molecule has 0 spiro atoms. The summed E-state index contributed by atoms with van der Waals surface area (Å²) in [6.07, 6.45) is 35.1. The number of unbranched alkanes of at least 4 members (excludes halogenated alkanes) is 11. The van der Waals surface area contributed by atoms with Crippen LogP contribution in [-0.4, -0.2) is 96.0 Å². The second-order valence-corrected chi connectivity index (χ2v) is 16.5. The minimum Gasteiger partial charge on any atom is -0.462 e. The Morgan fingerprint density at radius 1 is 0.576 bits per heavy atom. The molecule has 0 amide bonds. The van der Waals surface area contributed by atoms with Gasteiger partial charge in [0.1, 0.15) is 36.8 Å². The highest BCUT2D eigenvalue weighted by atomic mass is 32.2. The molecule has 0 aromatic rings. The van der Waals surface area contributed by atoms with E-state index in [2.05, 4.69) is 86.8 Å². The monoisotopic (exact) mass is 853 g/mol. The van der Waals surface area contributed by atoms with E-state index in [-0.39, 0.29) is 19.4 Å². The van der Waals surface area contributed by atoms with Gasteiger partial charge < -0.3 is 34.3 Å². The van der Waals surface area contributed by atoms with Crippen molar-refractivity contribution in [2.24, 2.45) is 0 Å². The van der Waals surface area contributed by atoms with Crippen LogP contribution in [0.2, 0.25) is 0 Å². The zero-order valence-electron chi connectivity index (χ0n) is 35.8. The van der Waals surface area contributed by atoms with Crippen molar-refractivity contribution in [1.82, 2.24) is 0 Å². The molecule has 0 radical (unpaired) electrons. The van der Waals surface area contributed by atoms with Gasteiger partial charge in [0.25, 0.3) is 10.1 Å². The molecule has 338 valence electrons. The highest BCUT2D eigenvalue weighted by Crippen LogP contribution is 2.24. The molecule has 1 aliphatic heterocycles. The Labute approximate surface area is 355 Å². The molecule has 1 fully saturated rings. The summed E-state index contributed by atoms with van der Waals surface area (Å²) in [6, 6.07) is 0. The minimum absolute atomic E-state index is 0.137. The Balaban J connectivity index is 2.50. The van der Waals surface area contributed by atoms with E-state index in [1.54, 1.807) is 0 Å². The predicted octanol–water partition coefficient (Wildman–Crippen LogP) is 8.72. The lowest BCUT2D eigenvalue weighted by Crippen LogP contribution is -2.60. The van der Waals surface area contributed by atoms with E-state index >= 15 is 0 Å². The summed E-state index contributed by atoms with van der Waals surface area (Å²) in [6.45, 7) is 3.59. The second kappa shape index (κ2) is 35.8. The van der Waals surface area contributed by atoms with Crippen molar-refractivity contribution in [1.29, 1.82) is 0 Å². The van der Waals surface area contributed by atoms with Gasteiger partial charge in [-0.25, -0.2) is 0 Å². The topological polar surface area (TPSA) is 186 Å². The fourth-order valence-electron chi connectivity index (χ4n) is 6.04. The highest BCUT2D eigenvalue weighted by Gasteiger charge is 2.46. The van der Waals surface area contributed by atoms with Crippen LogP contribution in [0.3, 0.4) is 0 Å². The summed E-state index contributed by atoms with van der Waals surface area (Å²) in [4.78, 5) is 25.4. The van der Waals surface area contributed by atoms with E-state index in [9.17, 15) is 37.9 Å². The standard InChI is InChI=1S/C46H76O12S/c1-3-5-7-9-11-13-15-17-19-20-21-23-24-26-28-30-32-34-41(47)55-36-39(37-56-46-45(51)44(50)43(49)40(58-46)38-59(52,53)54)57-42(48)35-33-31-29-27-25-22-18-16-14-12-10-8-6-4-2/h7,9-10,12-13,15-16,18-20,23-24,39-40,43-46,49-51H,3-6,8,11,14,17,21-22,25-38H2,1-2H3,(H,52,53,54)/b9-7+,12-10+,15-13+,18-16+,20-19+,24-23+/t39-,40-,43-,44?,45?,46+/m1/s1. The zero-order chi connectivity index (χ0) is 43.4. The molecule has 59 heavy (non-hydrogen) atoms. The fraction of sp³-hybridized carbons (Fsp3) is 0.696. The lowest BCUT2D eigenvalue weighted by molar-refractivity contribution is -0.297. The van der Waals surface area contributed by atoms with Gasteiger partial charge >= 0.3 is 11.9 Å². The molecular weight excluding hydrogens is 777 g/mol. The zero-order valence-corrected chi connectivity index (χ0v) is 36.6. The number of rotatable bonds is 35. The quantitative estimate of drug-likeness (QED) is 0.0206. The smallest absolute Gasteiger partial charge is 0.306 e. The summed E-state index contributed by atoms with van der Waals surface area (Å²) in [7, 11) is -4.61. The fourth-order valence-corrected chi connectivity index (χ4v) is 6.73. The van der Waals surface area contributed by atoms with Gasteiger partial charge in [-0.05, 0) is 77.0 Å². The Kier molecular flexibility index (Phi) is 32.8. The van der Waals surface area contributed by atoms with E-state index < -0.39 is 71.2 Å². The van der Waals surface area contributed by atoms with Crippen LogP contribution in [0.4, 0.5) is 0 Å².